The minimum atomic E-state index is 1.24. The quantitative estimate of drug-likeness (QED) is 0.0668. The van der Waals surface area contributed by atoms with Crippen molar-refractivity contribution in [3.05, 3.63) is 46.2 Å². The van der Waals surface area contributed by atoms with Crippen LogP contribution in [0.25, 0.3) is 28.9 Å². The van der Waals surface area contributed by atoms with Gasteiger partial charge < -0.3 is 0 Å². The zero-order valence-corrected chi connectivity index (χ0v) is 29.9. The van der Waals surface area contributed by atoms with Crippen LogP contribution in [0, 0.1) is 0 Å². The van der Waals surface area contributed by atoms with Gasteiger partial charge in [-0.25, -0.2) is 0 Å². The minimum absolute atomic E-state index is 1.24. The molecule has 0 amide bonds. The van der Waals surface area contributed by atoms with Gasteiger partial charge in [-0.2, -0.15) is 0 Å². The molecule has 0 fully saturated rings. The highest BCUT2D eigenvalue weighted by molar-refractivity contribution is 7.42. The third-order valence-corrected chi connectivity index (χ3v) is 13.4. The lowest BCUT2D eigenvalue weighted by Crippen LogP contribution is -1.86. The first kappa shape index (κ1) is 33.9. The molecule has 0 radical (unpaired) electrons. The molecule has 0 aliphatic heterocycles. The van der Waals surface area contributed by atoms with Crippen molar-refractivity contribution in [1.29, 1.82) is 0 Å². The molecule has 42 heavy (non-hydrogen) atoms. The standard InChI is InChI=1S/C38H56S4/c1-3-5-7-9-11-13-15-17-19-21-23-31-25-27-39-36(31)34-29-33-30-35(42-38(33)41-34)37-32(26-28-40-37)24-22-20-18-16-14-12-10-8-6-4-2/h25-30H,3-24H2,1-2H3. The molecule has 232 valence electrons. The van der Waals surface area contributed by atoms with Gasteiger partial charge in [0.15, 0.2) is 0 Å². The van der Waals surface area contributed by atoms with E-state index in [1.807, 2.05) is 45.3 Å². The molecule has 0 saturated carbocycles. The van der Waals surface area contributed by atoms with Crippen LogP contribution in [0.15, 0.2) is 35.0 Å². The minimum Gasteiger partial charge on any atom is -0.143 e. The highest BCUT2D eigenvalue weighted by Gasteiger charge is 2.15. The van der Waals surface area contributed by atoms with Crippen molar-refractivity contribution >= 4 is 54.7 Å². The number of aryl methyl sites for hydroxylation is 2. The van der Waals surface area contributed by atoms with Crippen LogP contribution in [0.3, 0.4) is 0 Å². The molecule has 0 unspecified atom stereocenters. The molecule has 0 N–H and O–H groups in total. The highest BCUT2D eigenvalue weighted by atomic mass is 32.2. The Hall–Kier alpha value is -0.940. The number of thiophene rings is 4. The van der Waals surface area contributed by atoms with Gasteiger partial charge >= 0.3 is 0 Å². The fourth-order valence-corrected chi connectivity index (χ4v) is 10.8. The highest BCUT2D eigenvalue weighted by Crippen LogP contribution is 2.46. The molecule has 0 spiro atoms. The topological polar surface area (TPSA) is 0 Å². The summed E-state index contributed by atoms with van der Waals surface area (Å²) in [5, 5.41) is 6.07. The van der Waals surface area contributed by atoms with E-state index < -0.39 is 0 Å². The van der Waals surface area contributed by atoms with Gasteiger partial charge in [0.05, 0.1) is 4.01 Å². The fraction of sp³-hybridized carbons (Fsp3) is 0.632. The Morgan fingerprint density at radius 2 is 0.810 bits per heavy atom. The largest absolute Gasteiger partial charge is 0.143 e. The number of hydrogen-bond acceptors (Lipinski definition) is 4. The van der Waals surface area contributed by atoms with Crippen LogP contribution >= 0.6 is 45.3 Å². The maximum absolute atomic E-state index is 2.48. The van der Waals surface area contributed by atoms with Crippen LogP contribution in [-0.2, 0) is 12.8 Å². The third kappa shape index (κ3) is 11.2. The molecular formula is C38H56S4. The molecule has 4 heterocycles. The first-order valence-corrected chi connectivity index (χ1v) is 20.9. The summed E-state index contributed by atoms with van der Waals surface area (Å²) in [6.07, 6.45) is 30.7. The summed E-state index contributed by atoms with van der Waals surface area (Å²) >= 11 is 7.93. The van der Waals surface area contributed by atoms with Crippen molar-refractivity contribution in [2.75, 3.05) is 0 Å². The monoisotopic (exact) mass is 640 g/mol. The van der Waals surface area contributed by atoms with Gasteiger partial charge in [0, 0.05) is 24.9 Å². The molecule has 0 aliphatic carbocycles. The Bertz CT molecular complexity index is 1110. The smallest absolute Gasteiger partial charge is 0.0878 e. The molecule has 0 nitrogen and oxygen atoms in total. The molecule has 4 rings (SSSR count). The van der Waals surface area contributed by atoms with Gasteiger partial charge in [0.1, 0.15) is 0 Å². The van der Waals surface area contributed by atoms with Gasteiger partial charge in [-0.1, -0.05) is 129 Å². The summed E-state index contributed by atoms with van der Waals surface area (Å²) in [5.41, 5.74) is 3.15. The second-order valence-electron chi connectivity index (χ2n) is 12.4. The Morgan fingerprint density at radius 1 is 0.452 bits per heavy atom. The van der Waals surface area contributed by atoms with Gasteiger partial charge in [0.25, 0.3) is 0 Å². The summed E-state index contributed by atoms with van der Waals surface area (Å²) in [6, 6.07) is 9.73. The van der Waals surface area contributed by atoms with Crippen molar-refractivity contribution < 1.29 is 0 Å². The molecule has 0 saturated heterocycles. The van der Waals surface area contributed by atoms with E-state index in [1.165, 1.54) is 170 Å². The maximum Gasteiger partial charge on any atom is 0.0878 e. The van der Waals surface area contributed by atoms with E-state index in [0.29, 0.717) is 0 Å². The molecular weight excluding hydrogens is 585 g/mol. The fourth-order valence-electron chi connectivity index (χ4n) is 6.17. The Kier molecular flexibility index (Phi) is 16.3. The third-order valence-electron chi connectivity index (χ3n) is 8.75. The second-order valence-corrected chi connectivity index (χ2v) is 16.6. The molecule has 0 aliphatic rings. The molecule has 0 bridgehead atoms. The van der Waals surface area contributed by atoms with Crippen molar-refractivity contribution in [3.63, 3.8) is 0 Å². The maximum atomic E-state index is 2.48. The lowest BCUT2D eigenvalue weighted by molar-refractivity contribution is 0.556. The van der Waals surface area contributed by atoms with E-state index in [0.717, 1.165) is 0 Å². The summed E-state index contributed by atoms with van der Waals surface area (Å²) < 4.78 is 1.50. The SMILES string of the molecule is CCCCCCCCCCCCc1ccsc1-c1cc2cc(-c3sccc3CCCCCCCCCCCC)sc2s1. The molecule has 0 atom stereocenters. The van der Waals surface area contributed by atoms with Crippen LogP contribution in [0.1, 0.15) is 153 Å². The van der Waals surface area contributed by atoms with E-state index >= 15 is 0 Å². The van der Waals surface area contributed by atoms with Crippen molar-refractivity contribution in [2.24, 2.45) is 0 Å². The van der Waals surface area contributed by atoms with Crippen molar-refractivity contribution in [3.8, 4) is 19.5 Å². The summed E-state index contributed by atoms with van der Waals surface area (Å²) in [6.45, 7) is 4.61. The van der Waals surface area contributed by atoms with E-state index in [1.54, 1.807) is 11.1 Å². The van der Waals surface area contributed by atoms with Gasteiger partial charge in [-0.05, 0) is 71.8 Å². The van der Waals surface area contributed by atoms with Gasteiger partial charge in [0.2, 0.25) is 0 Å². The molecule has 4 aromatic heterocycles. The van der Waals surface area contributed by atoms with Crippen LogP contribution in [0.5, 0.6) is 0 Å². The average Bonchev–Trinajstić information content (AvgIpc) is 3.79. The lowest BCUT2D eigenvalue weighted by Gasteiger charge is -2.04. The van der Waals surface area contributed by atoms with Crippen LogP contribution < -0.4 is 0 Å². The lowest BCUT2D eigenvalue weighted by atomic mass is 10.0. The summed E-state index contributed by atoms with van der Waals surface area (Å²) in [7, 11) is 0. The number of hydrogen-bond donors (Lipinski definition) is 0. The predicted octanol–water partition coefficient (Wildman–Crippen LogP) is 15.3. The van der Waals surface area contributed by atoms with Crippen molar-refractivity contribution in [2.45, 2.75) is 155 Å². The zero-order chi connectivity index (χ0) is 29.2. The van der Waals surface area contributed by atoms with Gasteiger partial charge in [-0.15, -0.1) is 45.3 Å². The van der Waals surface area contributed by atoms with Crippen LogP contribution in [0.2, 0.25) is 0 Å². The van der Waals surface area contributed by atoms with E-state index in [-0.39, 0.29) is 0 Å². The molecule has 0 aromatic carbocycles. The Balaban J connectivity index is 1.19. The van der Waals surface area contributed by atoms with Crippen molar-refractivity contribution in [1.82, 2.24) is 0 Å². The first-order valence-electron chi connectivity index (χ1n) is 17.5. The molecule has 4 aromatic rings. The summed E-state index contributed by atoms with van der Waals surface area (Å²) in [5.74, 6) is 0. The number of unbranched alkanes of at least 4 members (excludes halogenated alkanes) is 18. The summed E-state index contributed by atoms with van der Waals surface area (Å²) in [4.78, 5) is 6.02. The number of rotatable bonds is 24. The van der Waals surface area contributed by atoms with E-state index in [4.69, 9.17) is 0 Å². The van der Waals surface area contributed by atoms with Crippen LogP contribution in [0.4, 0.5) is 0 Å². The van der Waals surface area contributed by atoms with E-state index in [9.17, 15) is 0 Å². The van der Waals surface area contributed by atoms with Gasteiger partial charge in [-0.3, -0.25) is 0 Å². The zero-order valence-electron chi connectivity index (χ0n) is 26.7. The predicted molar refractivity (Wildman–Crippen MR) is 197 cm³/mol. The Labute approximate surface area is 274 Å². The van der Waals surface area contributed by atoms with E-state index in [2.05, 4.69) is 48.9 Å². The Morgan fingerprint density at radius 3 is 1.17 bits per heavy atom. The van der Waals surface area contributed by atoms with Crippen LogP contribution in [-0.4, -0.2) is 0 Å². The molecule has 4 heteroatoms. The normalized spacial score (nSPS) is 11.8. The average molecular weight is 641 g/mol. The first-order chi connectivity index (χ1) is 20.8. The number of fused-ring (bicyclic) bond motifs is 1. The second kappa shape index (κ2) is 20.2.